The van der Waals surface area contributed by atoms with Gasteiger partial charge in [0.2, 0.25) is 0 Å². The van der Waals surface area contributed by atoms with Crippen LogP contribution in [0.5, 0.6) is 0 Å². The number of fused-ring (bicyclic) bond motifs is 12. The largest absolute Gasteiger partial charge is 0.310 e. The molecule has 1 heterocycles. The Labute approximate surface area is 422 Å². The molecule has 2 heteroatoms. The number of nitrogens with zero attached hydrogens (tertiary/aromatic N) is 2. The predicted molar refractivity (Wildman–Crippen MR) is 301 cm³/mol. The Kier molecular flexibility index (Phi) is 9.50. The van der Waals surface area contributed by atoms with E-state index in [2.05, 4.69) is 291 Å². The van der Waals surface area contributed by atoms with Gasteiger partial charge in [0.25, 0.3) is 0 Å². The summed E-state index contributed by atoms with van der Waals surface area (Å²) in [4.78, 5) is 4.84. The van der Waals surface area contributed by atoms with Gasteiger partial charge in [0.1, 0.15) is 0 Å². The molecule has 0 atom stereocenters. The van der Waals surface area contributed by atoms with Crippen LogP contribution in [0.1, 0.15) is 47.2 Å². The average Bonchev–Trinajstić information content (AvgIpc) is 3.87. The van der Waals surface area contributed by atoms with Crippen LogP contribution < -0.4 is 9.80 Å². The molecule has 340 valence electrons. The zero-order valence-electron chi connectivity index (χ0n) is 40.3. The fourth-order valence-electron chi connectivity index (χ4n) is 12.6. The van der Waals surface area contributed by atoms with Gasteiger partial charge in [0.05, 0.1) is 16.8 Å². The Bertz CT molecular complexity index is 3840. The Morgan fingerprint density at radius 1 is 0.292 bits per heavy atom. The second-order valence-corrected chi connectivity index (χ2v) is 20.0. The van der Waals surface area contributed by atoms with Gasteiger partial charge in [-0.2, -0.15) is 0 Å². The van der Waals surface area contributed by atoms with Crippen molar-refractivity contribution in [1.82, 2.24) is 0 Å². The van der Waals surface area contributed by atoms with Gasteiger partial charge >= 0.3 is 0 Å². The van der Waals surface area contributed by atoms with Crippen molar-refractivity contribution in [2.75, 3.05) is 9.80 Å². The van der Waals surface area contributed by atoms with Crippen molar-refractivity contribution in [3.63, 3.8) is 0 Å². The van der Waals surface area contributed by atoms with Crippen molar-refractivity contribution in [2.45, 2.75) is 24.7 Å². The molecule has 14 rings (SSSR count). The van der Waals surface area contributed by atoms with E-state index in [0.717, 1.165) is 22.7 Å². The maximum atomic E-state index is 2.45. The number of benzene rings is 11. The third-order valence-corrected chi connectivity index (χ3v) is 15.9. The van der Waals surface area contributed by atoms with Crippen molar-refractivity contribution in [1.29, 1.82) is 0 Å². The Morgan fingerprint density at radius 2 is 0.764 bits per heavy atom. The summed E-state index contributed by atoms with van der Waals surface area (Å²) >= 11 is 0. The molecule has 11 aromatic rings. The lowest BCUT2D eigenvalue weighted by molar-refractivity contribution is 0.660. The summed E-state index contributed by atoms with van der Waals surface area (Å²) in [6.07, 6.45) is 0. The molecule has 2 nitrogen and oxygen atoms in total. The van der Waals surface area contributed by atoms with Gasteiger partial charge in [-0.05, 0) is 156 Å². The molecular formula is C70H50N2. The summed E-state index contributed by atoms with van der Waals surface area (Å²) in [6.45, 7) is 4.71. The van der Waals surface area contributed by atoms with Gasteiger partial charge in [-0.15, -0.1) is 0 Å². The topological polar surface area (TPSA) is 6.48 Å². The van der Waals surface area contributed by atoms with E-state index in [-0.39, 0.29) is 5.41 Å². The Morgan fingerprint density at radius 3 is 1.46 bits per heavy atom. The van der Waals surface area contributed by atoms with Crippen LogP contribution in [0.4, 0.5) is 34.1 Å². The lowest BCUT2D eigenvalue weighted by Crippen LogP contribution is -2.36. The molecule has 0 radical (unpaired) electrons. The molecule has 0 amide bonds. The van der Waals surface area contributed by atoms with E-state index < -0.39 is 5.41 Å². The van der Waals surface area contributed by atoms with Crippen molar-refractivity contribution in [3.05, 3.63) is 300 Å². The number of para-hydroxylation sites is 3. The minimum atomic E-state index is -0.520. The average molecular weight is 919 g/mol. The van der Waals surface area contributed by atoms with Crippen LogP contribution in [0.25, 0.3) is 55.6 Å². The molecule has 0 aromatic heterocycles. The van der Waals surface area contributed by atoms with Crippen LogP contribution in [0.2, 0.25) is 0 Å². The summed E-state index contributed by atoms with van der Waals surface area (Å²) < 4.78 is 0. The monoisotopic (exact) mass is 918 g/mol. The van der Waals surface area contributed by atoms with E-state index in [9.17, 15) is 0 Å². The van der Waals surface area contributed by atoms with E-state index in [1.165, 1.54) is 100 Å². The van der Waals surface area contributed by atoms with Crippen molar-refractivity contribution in [3.8, 4) is 55.6 Å². The molecular weight excluding hydrogens is 869 g/mol. The van der Waals surface area contributed by atoms with Crippen LogP contribution in [-0.4, -0.2) is 0 Å². The molecule has 72 heavy (non-hydrogen) atoms. The summed E-state index contributed by atoms with van der Waals surface area (Å²) in [5, 5.41) is 0. The summed E-state index contributed by atoms with van der Waals surface area (Å²) in [7, 11) is 0. The van der Waals surface area contributed by atoms with Crippen LogP contribution in [-0.2, 0) is 10.8 Å². The minimum Gasteiger partial charge on any atom is -0.310 e. The van der Waals surface area contributed by atoms with Gasteiger partial charge < -0.3 is 9.80 Å². The first-order valence-electron chi connectivity index (χ1n) is 25.2. The first-order valence-corrected chi connectivity index (χ1v) is 25.2. The van der Waals surface area contributed by atoms with Crippen molar-refractivity contribution in [2.24, 2.45) is 0 Å². The fourth-order valence-corrected chi connectivity index (χ4v) is 12.6. The van der Waals surface area contributed by atoms with Gasteiger partial charge in [-0.3, -0.25) is 0 Å². The standard InChI is InChI=1S/C70H50N2/c1-69(2)60-28-11-9-25-57(60)58-44-39-51(46-65(58)69)48-35-40-53(41-36-48)71(55-24-17-21-50(45-55)47-19-5-3-6-20-47)54-42-37-49(38-43-54)56-27-18-32-64-68(56)59-26-10-12-29-61(59)70(64)62-30-13-15-33-66(62)72(52-22-7-4-8-23-52)67-34-16-14-31-63(67)70/h3-46H,1-2H3. The van der Waals surface area contributed by atoms with E-state index in [4.69, 9.17) is 0 Å². The summed E-state index contributed by atoms with van der Waals surface area (Å²) in [6, 6.07) is 98.9. The maximum absolute atomic E-state index is 2.45. The number of rotatable bonds is 7. The number of anilines is 6. The van der Waals surface area contributed by atoms with E-state index in [0.29, 0.717) is 0 Å². The van der Waals surface area contributed by atoms with E-state index >= 15 is 0 Å². The first kappa shape index (κ1) is 41.9. The molecule has 1 aliphatic heterocycles. The molecule has 3 aliphatic rings. The number of hydrogen-bond acceptors (Lipinski definition) is 2. The zero-order valence-corrected chi connectivity index (χ0v) is 40.3. The molecule has 11 aromatic carbocycles. The quantitative estimate of drug-likeness (QED) is 0.157. The van der Waals surface area contributed by atoms with Crippen LogP contribution in [0.3, 0.4) is 0 Å². The summed E-state index contributed by atoms with van der Waals surface area (Å²) in [5.41, 5.74) is 26.7. The predicted octanol–water partition coefficient (Wildman–Crippen LogP) is 18.6. The second-order valence-electron chi connectivity index (χ2n) is 20.0. The Balaban J connectivity index is 0.885. The summed E-state index contributed by atoms with van der Waals surface area (Å²) in [5.74, 6) is 0. The Hall–Kier alpha value is -8.98. The first-order chi connectivity index (χ1) is 35.5. The van der Waals surface area contributed by atoms with E-state index in [1.807, 2.05) is 0 Å². The number of hydrogen-bond donors (Lipinski definition) is 0. The highest BCUT2D eigenvalue weighted by Crippen LogP contribution is 2.64. The highest BCUT2D eigenvalue weighted by atomic mass is 15.2. The smallest absolute Gasteiger partial charge is 0.0754 e. The molecule has 0 fully saturated rings. The fraction of sp³-hybridized carbons (Fsp3) is 0.0571. The van der Waals surface area contributed by atoms with Crippen LogP contribution in [0, 0.1) is 0 Å². The van der Waals surface area contributed by atoms with Gasteiger partial charge in [0.15, 0.2) is 0 Å². The molecule has 0 saturated carbocycles. The molecule has 2 aliphatic carbocycles. The van der Waals surface area contributed by atoms with Gasteiger partial charge in [-0.1, -0.05) is 214 Å². The minimum absolute atomic E-state index is 0.0591. The zero-order chi connectivity index (χ0) is 48.0. The molecule has 0 saturated heterocycles. The lowest BCUT2D eigenvalue weighted by Gasteiger charge is -2.45. The van der Waals surface area contributed by atoms with E-state index in [1.54, 1.807) is 0 Å². The van der Waals surface area contributed by atoms with Gasteiger partial charge in [0, 0.05) is 28.2 Å². The SMILES string of the molecule is CC1(C)c2ccccc2-c2ccc(-c3ccc(N(c4ccc(-c5cccc6c5-c5ccccc5C65c6ccccc6N(c6ccccc6)c6ccccc65)cc4)c4cccc(-c5ccccc5)c4)cc3)cc21. The highest BCUT2D eigenvalue weighted by molar-refractivity contribution is 6.00. The third kappa shape index (κ3) is 6.22. The van der Waals surface area contributed by atoms with Gasteiger partial charge in [-0.25, -0.2) is 0 Å². The lowest BCUT2D eigenvalue weighted by atomic mass is 9.64. The second kappa shape index (κ2) is 16.3. The molecule has 1 spiro atoms. The highest BCUT2D eigenvalue weighted by Gasteiger charge is 2.52. The van der Waals surface area contributed by atoms with Crippen molar-refractivity contribution >= 4 is 34.1 Å². The molecule has 0 N–H and O–H groups in total. The van der Waals surface area contributed by atoms with Crippen molar-refractivity contribution < 1.29 is 0 Å². The van der Waals surface area contributed by atoms with Crippen LogP contribution >= 0.6 is 0 Å². The molecule has 0 bridgehead atoms. The van der Waals surface area contributed by atoms with Crippen LogP contribution in [0.15, 0.2) is 267 Å². The normalized spacial score (nSPS) is 13.9. The maximum Gasteiger partial charge on any atom is 0.0754 e. The third-order valence-electron chi connectivity index (χ3n) is 15.9. The molecule has 0 unspecified atom stereocenters.